The Morgan fingerprint density at radius 1 is 0.976 bits per heavy atom. The first-order valence-corrected chi connectivity index (χ1v) is 12.4. The minimum atomic E-state index is -5.07. The fourth-order valence-corrected chi connectivity index (χ4v) is 4.31. The molecular weight excluding hydrogens is 546 g/mol. The van der Waals surface area contributed by atoms with Gasteiger partial charge in [0.05, 0.1) is 12.7 Å². The van der Waals surface area contributed by atoms with Crippen molar-refractivity contribution in [3.05, 3.63) is 77.6 Å². The first kappa shape index (κ1) is 29.1. The Kier molecular flexibility index (Phi) is 8.31. The van der Waals surface area contributed by atoms with Crippen molar-refractivity contribution < 1.29 is 41.1 Å². The monoisotopic (exact) mass is 571 g/mol. The number of fused-ring (bicyclic) bond motifs is 1. The third-order valence-corrected chi connectivity index (χ3v) is 6.23. The average molecular weight is 572 g/mol. The summed E-state index contributed by atoms with van der Waals surface area (Å²) < 4.78 is 63.9. The van der Waals surface area contributed by atoms with E-state index in [9.17, 15) is 31.9 Å². The number of hydrogen-bond acceptors (Lipinski definition) is 6. The van der Waals surface area contributed by atoms with Gasteiger partial charge in [-0.05, 0) is 55.0 Å². The molecular formula is C29H25F4N3O5. The summed E-state index contributed by atoms with van der Waals surface area (Å²) in [6.45, 7) is 2.34. The van der Waals surface area contributed by atoms with Crippen molar-refractivity contribution >= 4 is 34.4 Å². The zero-order chi connectivity index (χ0) is 29.9. The summed E-state index contributed by atoms with van der Waals surface area (Å²) in [6.07, 6.45) is -5.07. The molecule has 12 heteroatoms. The number of hydrogen-bond donors (Lipinski definition) is 3. The summed E-state index contributed by atoms with van der Waals surface area (Å²) in [7, 11) is 2.24. The van der Waals surface area contributed by atoms with Gasteiger partial charge in [0.1, 0.15) is 17.2 Å². The number of methoxy groups -OCH3 is 1. The van der Waals surface area contributed by atoms with E-state index in [1.807, 2.05) is 6.92 Å². The summed E-state index contributed by atoms with van der Waals surface area (Å²) in [5.74, 6) is -3.49. The van der Waals surface area contributed by atoms with Crippen LogP contribution in [0.1, 0.15) is 27.6 Å². The first-order valence-electron chi connectivity index (χ1n) is 12.4. The molecule has 1 aromatic heterocycles. The lowest BCUT2D eigenvalue weighted by Crippen LogP contribution is -2.51. The molecule has 4 aromatic rings. The molecule has 3 N–H and O–H groups in total. The van der Waals surface area contributed by atoms with Crippen molar-refractivity contribution in [3.8, 4) is 22.5 Å². The third kappa shape index (κ3) is 6.01. The third-order valence-electron chi connectivity index (χ3n) is 6.23. The lowest BCUT2D eigenvalue weighted by Gasteiger charge is -2.19. The summed E-state index contributed by atoms with van der Waals surface area (Å²) >= 11 is 0. The number of nitrogens with one attached hydrogen (secondary N) is 3. The zero-order valence-corrected chi connectivity index (χ0v) is 22.1. The average Bonchev–Trinajstić information content (AvgIpc) is 3.32. The fourth-order valence-electron chi connectivity index (χ4n) is 4.31. The van der Waals surface area contributed by atoms with Crippen LogP contribution in [0.3, 0.4) is 0 Å². The van der Waals surface area contributed by atoms with Gasteiger partial charge in [-0.2, -0.15) is 13.2 Å². The first-order chi connectivity index (χ1) is 19.5. The lowest BCUT2D eigenvalue weighted by atomic mass is 9.97. The van der Waals surface area contributed by atoms with Crippen LogP contribution in [-0.2, 0) is 9.53 Å². The summed E-state index contributed by atoms with van der Waals surface area (Å²) in [5.41, 5.74) is 2.38. The fraction of sp³-hybridized carbons (Fsp3) is 0.207. The molecule has 0 spiro atoms. The second kappa shape index (κ2) is 11.7. The van der Waals surface area contributed by atoms with Crippen molar-refractivity contribution in [3.63, 3.8) is 0 Å². The van der Waals surface area contributed by atoms with Crippen LogP contribution in [0.4, 0.5) is 23.2 Å². The molecule has 0 bridgehead atoms. The van der Waals surface area contributed by atoms with Crippen LogP contribution in [0.25, 0.3) is 33.4 Å². The van der Waals surface area contributed by atoms with Crippen LogP contribution in [0.15, 0.2) is 65.1 Å². The van der Waals surface area contributed by atoms with Crippen molar-refractivity contribution in [2.24, 2.45) is 0 Å². The molecule has 41 heavy (non-hydrogen) atoms. The molecule has 0 fully saturated rings. The Morgan fingerprint density at radius 3 is 2.29 bits per heavy atom. The number of halogens is 4. The molecule has 3 aromatic carbocycles. The highest BCUT2D eigenvalue weighted by atomic mass is 19.4. The number of ether oxygens (including phenoxy) is 1. The number of rotatable bonds is 8. The van der Waals surface area contributed by atoms with Gasteiger partial charge in [0, 0.05) is 47.4 Å². The molecule has 1 unspecified atom stereocenters. The normalized spacial score (nSPS) is 12.1. The van der Waals surface area contributed by atoms with E-state index in [0.29, 0.717) is 39.9 Å². The van der Waals surface area contributed by atoms with Gasteiger partial charge in [0.25, 0.3) is 11.8 Å². The second-order valence-corrected chi connectivity index (χ2v) is 8.87. The smallest absolute Gasteiger partial charge is 0.419 e. The van der Waals surface area contributed by atoms with Gasteiger partial charge in [-0.1, -0.05) is 12.1 Å². The maximum Gasteiger partial charge on any atom is 0.419 e. The van der Waals surface area contributed by atoms with E-state index in [0.717, 1.165) is 7.11 Å². The molecule has 0 radical (unpaired) electrons. The van der Waals surface area contributed by atoms with Gasteiger partial charge >= 0.3 is 12.1 Å². The summed E-state index contributed by atoms with van der Waals surface area (Å²) in [5, 5.41) is 7.86. The quantitative estimate of drug-likeness (QED) is 0.190. The van der Waals surface area contributed by atoms with Crippen molar-refractivity contribution in [1.82, 2.24) is 10.6 Å². The number of carbonyl (C=O) groups excluding carboxylic acids is 3. The highest BCUT2D eigenvalue weighted by Gasteiger charge is 2.47. The van der Waals surface area contributed by atoms with Gasteiger partial charge in [-0.3, -0.25) is 9.59 Å². The molecule has 4 rings (SSSR count). The molecule has 2 amide bonds. The number of anilines is 1. The van der Waals surface area contributed by atoms with E-state index in [-0.39, 0.29) is 16.9 Å². The number of carbonyl (C=O) groups is 3. The lowest BCUT2D eigenvalue weighted by molar-refractivity contribution is -0.180. The Hall–Kier alpha value is -4.87. The van der Waals surface area contributed by atoms with Gasteiger partial charge in [-0.15, -0.1) is 0 Å². The minimum absolute atomic E-state index is 0.145. The Labute approximate surface area is 231 Å². The molecule has 214 valence electrons. The highest BCUT2D eigenvalue weighted by Crippen LogP contribution is 2.40. The van der Waals surface area contributed by atoms with Crippen LogP contribution >= 0.6 is 0 Å². The number of benzene rings is 3. The van der Waals surface area contributed by atoms with Gasteiger partial charge < -0.3 is 25.1 Å². The topological polar surface area (TPSA) is 110 Å². The number of furan rings is 1. The summed E-state index contributed by atoms with van der Waals surface area (Å²) in [6, 6.07) is 11.7. The highest BCUT2D eigenvalue weighted by molar-refractivity contribution is 6.13. The standard InChI is InChI=1S/C29H25F4N3O5/c1-4-35-21-14-22-20(23(27(38)34-2)24(41-22)15-8-10-18(30)11-9-15)13-19(21)16-6-5-7-17(12-16)26(37)36-25(28(39)40-3)29(31,32)33/h5-14,25,35H,4H2,1-3H3,(H,34,38)(H,36,37). The molecule has 8 nitrogen and oxygen atoms in total. The van der Waals surface area contributed by atoms with Gasteiger partial charge in [0.2, 0.25) is 6.04 Å². The van der Waals surface area contributed by atoms with E-state index in [2.05, 4.69) is 15.4 Å². The van der Waals surface area contributed by atoms with Gasteiger partial charge in [-0.25, -0.2) is 9.18 Å². The number of alkyl halides is 3. The molecule has 1 atom stereocenters. The van der Waals surface area contributed by atoms with E-state index >= 15 is 0 Å². The molecule has 0 saturated heterocycles. The SMILES string of the molecule is CCNc1cc2oc(-c3ccc(F)cc3)c(C(=O)NC)c2cc1-c1cccc(C(=O)NC(C(=O)OC)C(F)(F)F)c1. The molecule has 0 aliphatic carbocycles. The predicted molar refractivity (Wildman–Crippen MR) is 144 cm³/mol. The molecule has 1 heterocycles. The van der Waals surface area contributed by atoms with Crippen LogP contribution < -0.4 is 16.0 Å². The minimum Gasteiger partial charge on any atom is -0.467 e. The van der Waals surface area contributed by atoms with E-state index < -0.39 is 35.8 Å². The van der Waals surface area contributed by atoms with Gasteiger partial charge in [0.15, 0.2) is 0 Å². The summed E-state index contributed by atoms with van der Waals surface area (Å²) in [4.78, 5) is 37.4. The van der Waals surface area contributed by atoms with E-state index in [1.54, 1.807) is 23.5 Å². The van der Waals surface area contributed by atoms with Crippen LogP contribution in [0.5, 0.6) is 0 Å². The molecule has 0 aliphatic rings. The van der Waals surface area contributed by atoms with Crippen molar-refractivity contribution in [2.45, 2.75) is 19.1 Å². The number of amides is 2. The number of esters is 1. The van der Waals surface area contributed by atoms with Crippen molar-refractivity contribution in [2.75, 3.05) is 26.0 Å². The van der Waals surface area contributed by atoms with Crippen LogP contribution in [0, 0.1) is 5.82 Å². The Balaban J connectivity index is 1.84. The second-order valence-electron chi connectivity index (χ2n) is 8.87. The maximum absolute atomic E-state index is 13.6. The maximum atomic E-state index is 13.6. The van der Waals surface area contributed by atoms with E-state index in [4.69, 9.17) is 4.42 Å². The van der Waals surface area contributed by atoms with Crippen LogP contribution in [-0.4, -0.2) is 50.7 Å². The van der Waals surface area contributed by atoms with E-state index in [1.165, 1.54) is 49.5 Å². The zero-order valence-electron chi connectivity index (χ0n) is 22.1. The van der Waals surface area contributed by atoms with Crippen molar-refractivity contribution in [1.29, 1.82) is 0 Å². The largest absolute Gasteiger partial charge is 0.467 e. The predicted octanol–water partition coefficient (Wildman–Crippen LogP) is 5.53. The molecule has 0 saturated carbocycles. The Bertz CT molecular complexity index is 1610. The molecule has 0 aliphatic heterocycles. The Morgan fingerprint density at radius 2 is 1.68 bits per heavy atom. The van der Waals surface area contributed by atoms with Crippen LogP contribution in [0.2, 0.25) is 0 Å².